The fourth-order valence-corrected chi connectivity index (χ4v) is 11.6. The monoisotopic (exact) mass is 1070 g/mol. The van der Waals surface area contributed by atoms with E-state index in [-0.39, 0.29) is 70.1 Å². The Morgan fingerprint density at radius 3 is 2.35 bits per heavy atom. The number of nitrogens with zero attached hydrogens (tertiary/aromatic N) is 3. The van der Waals surface area contributed by atoms with Crippen LogP contribution in [0, 0.1) is 27.9 Å². The molecular weight excluding hydrogens is 1010 g/mol. The van der Waals surface area contributed by atoms with Crippen molar-refractivity contribution in [1.29, 1.82) is 0 Å². The van der Waals surface area contributed by atoms with Gasteiger partial charge in [0.1, 0.15) is 42.3 Å². The van der Waals surface area contributed by atoms with Crippen LogP contribution in [0.5, 0.6) is 23.0 Å². The van der Waals surface area contributed by atoms with Crippen molar-refractivity contribution < 1.29 is 58.0 Å². The van der Waals surface area contributed by atoms with Crippen molar-refractivity contribution in [2.75, 3.05) is 40.1 Å². The first kappa shape index (κ1) is 55.9. The zero-order valence-electron chi connectivity index (χ0n) is 44.4. The molecule has 0 saturated heterocycles. The molecule has 0 radical (unpaired) electrons. The van der Waals surface area contributed by atoms with E-state index in [4.69, 9.17) is 38.4 Å². The van der Waals surface area contributed by atoms with E-state index in [9.17, 15) is 25.1 Å². The van der Waals surface area contributed by atoms with E-state index in [1.54, 1.807) is 47.4 Å². The van der Waals surface area contributed by atoms with Gasteiger partial charge >= 0.3 is 6.09 Å². The van der Waals surface area contributed by atoms with Crippen LogP contribution in [-0.4, -0.2) is 90.1 Å². The number of unbranched alkanes of at least 4 members (excludes halogenated alkanes) is 2. The van der Waals surface area contributed by atoms with Crippen LogP contribution in [0.1, 0.15) is 83.5 Å². The molecule has 412 valence electrons. The Morgan fingerprint density at radius 1 is 0.861 bits per heavy atom. The molecule has 1 saturated carbocycles. The molecule has 1 fully saturated rings. The van der Waals surface area contributed by atoms with Gasteiger partial charge in [-0.3, -0.25) is 19.8 Å². The number of carbonyl (C=O) groups is 2. The molecule has 2 N–H and O–H groups in total. The number of nitro benzene ring substituents is 1. The second-order valence-corrected chi connectivity index (χ2v) is 20.0. The molecule has 79 heavy (non-hydrogen) atoms. The summed E-state index contributed by atoms with van der Waals surface area (Å²) in [5.74, 6) is -1.07. The lowest BCUT2D eigenvalue weighted by Gasteiger charge is -2.59. The molecule has 0 bridgehead atoms. The third-order valence-electron chi connectivity index (χ3n) is 15.2. The lowest BCUT2D eigenvalue weighted by molar-refractivity contribution is -0.384. The van der Waals surface area contributed by atoms with Crippen molar-refractivity contribution in [3.05, 3.63) is 196 Å². The van der Waals surface area contributed by atoms with Crippen molar-refractivity contribution >= 4 is 34.6 Å². The molecule has 16 heteroatoms. The first-order valence-electron chi connectivity index (χ1n) is 26.9. The first-order valence-corrected chi connectivity index (χ1v) is 26.9. The van der Waals surface area contributed by atoms with Gasteiger partial charge in [-0.15, -0.1) is 6.58 Å². The third kappa shape index (κ3) is 12.8. The number of allylic oxidation sites excluding steroid dienone is 1. The van der Waals surface area contributed by atoms with E-state index >= 15 is 4.79 Å². The van der Waals surface area contributed by atoms with Crippen molar-refractivity contribution in [3.8, 4) is 23.0 Å². The maximum absolute atomic E-state index is 15.4. The first-order chi connectivity index (χ1) is 38.7. The molecule has 16 nitrogen and oxygen atoms in total. The molecule has 0 spiro atoms. The molecule has 3 aliphatic rings. The smallest absolute Gasteiger partial charge is 0.410 e. The summed E-state index contributed by atoms with van der Waals surface area (Å²) >= 11 is 0. The van der Waals surface area contributed by atoms with Crippen molar-refractivity contribution in [2.24, 2.45) is 22.9 Å². The maximum atomic E-state index is 15.4. The Hall–Kier alpha value is -7.89. The molecule has 1 heterocycles. The van der Waals surface area contributed by atoms with E-state index < -0.39 is 34.7 Å². The van der Waals surface area contributed by atoms with Gasteiger partial charge in [0.05, 0.1) is 55.6 Å². The average Bonchev–Trinajstić information content (AvgIpc) is 3.53. The number of carbonyl (C=O) groups excluding carboxylic acids is 2. The number of oxime groups is 1. The lowest BCUT2D eigenvalue weighted by atomic mass is 9.55. The highest BCUT2D eigenvalue weighted by molar-refractivity contribution is 6.03. The van der Waals surface area contributed by atoms with Gasteiger partial charge in [0.15, 0.2) is 6.29 Å². The minimum absolute atomic E-state index is 0.0132. The molecule has 6 atom stereocenters. The van der Waals surface area contributed by atoms with Crippen molar-refractivity contribution in [2.45, 2.75) is 82.5 Å². The number of hydrogen-bond donors (Lipinski definition) is 2. The number of ether oxygens (including phenoxy) is 6. The summed E-state index contributed by atoms with van der Waals surface area (Å²) in [5, 5.41) is 38.7. The highest BCUT2D eigenvalue weighted by atomic mass is 16.7. The number of amides is 1. The largest absolute Gasteiger partial charge is 0.496 e. The number of rotatable bonds is 27. The highest BCUT2D eigenvalue weighted by Crippen LogP contribution is 2.62. The van der Waals surface area contributed by atoms with Gasteiger partial charge in [0.25, 0.3) is 5.69 Å². The van der Waals surface area contributed by atoms with E-state index in [0.29, 0.717) is 78.4 Å². The number of benzene rings is 6. The van der Waals surface area contributed by atoms with E-state index in [1.807, 2.05) is 84.9 Å². The Balaban J connectivity index is 1.21. The minimum atomic E-state index is -1.63. The molecule has 1 amide bonds. The summed E-state index contributed by atoms with van der Waals surface area (Å²) in [6.07, 6.45) is 8.07. The van der Waals surface area contributed by atoms with Crippen molar-refractivity contribution in [1.82, 2.24) is 4.90 Å². The quantitative estimate of drug-likeness (QED) is 0.0163. The molecule has 6 aromatic carbocycles. The van der Waals surface area contributed by atoms with Gasteiger partial charge in [-0.05, 0) is 119 Å². The van der Waals surface area contributed by atoms with E-state index in [2.05, 4.69) is 12.7 Å². The molecule has 6 unspecified atom stereocenters. The second kappa shape index (κ2) is 26.6. The summed E-state index contributed by atoms with van der Waals surface area (Å²) in [6, 6.07) is 39.5. The van der Waals surface area contributed by atoms with Crippen LogP contribution in [-0.2, 0) is 38.8 Å². The van der Waals surface area contributed by atoms with Crippen LogP contribution < -0.4 is 14.2 Å². The Labute approximate surface area is 459 Å². The molecule has 6 aromatic rings. The fourth-order valence-electron chi connectivity index (χ4n) is 11.6. The number of nitro groups is 1. The average molecular weight is 1070 g/mol. The molecule has 2 aliphatic carbocycles. The topological polar surface area (TPSA) is 198 Å². The van der Waals surface area contributed by atoms with Gasteiger partial charge in [0, 0.05) is 43.2 Å². The highest BCUT2D eigenvalue weighted by Gasteiger charge is 2.66. The number of aliphatic hydroxyl groups excluding tert-OH is 2. The summed E-state index contributed by atoms with van der Waals surface area (Å²) in [7, 11) is 1.50. The van der Waals surface area contributed by atoms with E-state index in [1.165, 1.54) is 19.2 Å². The Morgan fingerprint density at radius 2 is 1.59 bits per heavy atom. The standard InChI is InChI=1S/C63H67N3O13/c1-3-32-76-63-59(65(39-47-19-13-18-45-16-7-8-20-52(45)47)62(70)75-34-33-74-41-43-14-5-4-6-15-43)38-56(64-77-42-44-22-24-49(25-23-44)66(71)72)54-36-46(17-9-11-30-67)53(21-10-12-31-68)60(61(54)63)55-37-51(27-29-58(55)79-63)78-50-26-28-57(73-2)48(35-50)40-69/h3-8,13-16,18-20,22-29,35-37,40,46,53,59-61,67-68H,1,9-12,17,21,30-34,38-39,41-42H2,2H3. The van der Waals surface area contributed by atoms with Crippen LogP contribution in [0.2, 0.25) is 0 Å². The number of aliphatic hydroxyl groups is 2. The Bertz CT molecular complexity index is 3120. The number of hydrogen-bond acceptors (Lipinski definition) is 14. The van der Waals surface area contributed by atoms with E-state index in [0.717, 1.165) is 45.9 Å². The summed E-state index contributed by atoms with van der Waals surface area (Å²) < 4.78 is 39.0. The fraction of sp³-hybridized carbons (Fsp3) is 0.349. The zero-order valence-corrected chi connectivity index (χ0v) is 44.4. The van der Waals surface area contributed by atoms with Gasteiger partial charge in [-0.25, -0.2) is 4.79 Å². The van der Waals surface area contributed by atoms with Gasteiger partial charge in [-0.1, -0.05) is 103 Å². The Kier molecular flexibility index (Phi) is 18.8. The molecule has 9 rings (SSSR count). The number of methoxy groups -OCH3 is 1. The zero-order chi connectivity index (χ0) is 55.1. The molecule has 1 aliphatic heterocycles. The summed E-state index contributed by atoms with van der Waals surface area (Å²) in [4.78, 5) is 46.6. The van der Waals surface area contributed by atoms with Crippen LogP contribution >= 0.6 is 0 Å². The summed E-state index contributed by atoms with van der Waals surface area (Å²) in [6.45, 7) is 4.62. The SMILES string of the molecule is C=CCOC12Oc3ccc(Oc4ccc(OC)c(C=O)c4)cc3C3C(CCCCO)C(CCCCO)C=C(C(=NOCc4ccc([N+](=O)[O-])cc4)CC1N(Cc1cccc4ccccc14)C(=O)OCCOCc1ccccc1)C32. The molecular formula is C63H67N3O13. The number of fused-ring (bicyclic) bond motifs is 3. The maximum Gasteiger partial charge on any atom is 0.410 e. The summed E-state index contributed by atoms with van der Waals surface area (Å²) in [5.41, 5.74) is 4.92. The number of aldehydes is 1. The predicted molar refractivity (Wildman–Crippen MR) is 298 cm³/mol. The van der Waals surface area contributed by atoms with Crippen LogP contribution in [0.25, 0.3) is 10.8 Å². The van der Waals surface area contributed by atoms with Crippen LogP contribution in [0.3, 0.4) is 0 Å². The van der Waals surface area contributed by atoms with Gasteiger partial charge in [0.2, 0.25) is 5.79 Å². The minimum Gasteiger partial charge on any atom is -0.496 e. The normalized spacial score (nSPS) is 20.5. The molecule has 0 aromatic heterocycles. The third-order valence-corrected chi connectivity index (χ3v) is 15.2. The lowest BCUT2D eigenvalue weighted by Crippen LogP contribution is -2.70. The van der Waals surface area contributed by atoms with Crippen LogP contribution in [0.4, 0.5) is 10.5 Å². The second-order valence-electron chi connectivity index (χ2n) is 20.0. The predicted octanol–water partition coefficient (Wildman–Crippen LogP) is 12.1. The van der Waals surface area contributed by atoms with Gasteiger partial charge in [-0.2, -0.15) is 0 Å². The van der Waals surface area contributed by atoms with Crippen LogP contribution in [0.15, 0.2) is 163 Å². The van der Waals surface area contributed by atoms with Gasteiger partial charge < -0.3 is 43.5 Å². The van der Waals surface area contributed by atoms with Crippen molar-refractivity contribution in [3.63, 3.8) is 0 Å². The number of non-ortho nitro benzene ring substituents is 1.